The van der Waals surface area contributed by atoms with E-state index in [4.69, 9.17) is 9.47 Å². The SMILES string of the molecule is COC(=O)/C=C/c1cc(OC)c(OC)c(S(=O)(=O)N2CCN(C(=O)c3ccccc3)CC2)c1. The van der Waals surface area contributed by atoms with Gasteiger partial charge in [-0.3, -0.25) is 4.79 Å². The molecule has 0 saturated carbocycles. The first-order valence-electron chi connectivity index (χ1n) is 10.2. The van der Waals surface area contributed by atoms with Gasteiger partial charge in [-0.25, -0.2) is 13.2 Å². The van der Waals surface area contributed by atoms with Crippen LogP contribution in [0.3, 0.4) is 0 Å². The quantitative estimate of drug-likeness (QED) is 0.447. The standard InChI is InChI=1S/C23H26N2O7S/c1-30-19-15-17(9-10-21(26)31-2)16-20(22(19)32-3)33(28,29)25-13-11-24(12-14-25)23(27)18-7-5-4-6-8-18/h4-10,15-16H,11-14H2,1-3H3/b10-9+. The summed E-state index contributed by atoms with van der Waals surface area (Å²) in [6, 6.07) is 11.8. The second-order valence-electron chi connectivity index (χ2n) is 7.17. The topological polar surface area (TPSA) is 102 Å². The highest BCUT2D eigenvalue weighted by molar-refractivity contribution is 7.89. The van der Waals surface area contributed by atoms with Gasteiger partial charge in [-0.2, -0.15) is 4.31 Å². The summed E-state index contributed by atoms with van der Waals surface area (Å²) in [7, 11) is 0.0291. The van der Waals surface area contributed by atoms with Gasteiger partial charge in [-0.1, -0.05) is 18.2 Å². The van der Waals surface area contributed by atoms with E-state index in [-0.39, 0.29) is 48.5 Å². The normalized spacial score (nSPS) is 14.8. The minimum atomic E-state index is -3.98. The minimum Gasteiger partial charge on any atom is -0.493 e. The number of benzene rings is 2. The second-order valence-corrected chi connectivity index (χ2v) is 9.08. The Balaban J connectivity index is 1.86. The number of piperazine rings is 1. The number of ether oxygens (including phenoxy) is 3. The van der Waals surface area contributed by atoms with Crippen molar-refractivity contribution in [3.05, 3.63) is 59.7 Å². The maximum absolute atomic E-state index is 13.5. The van der Waals surface area contributed by atoms with Gasteiger partial charge >= 0.3 is 5.97 Å². The number of hydrogen-bond acceptors (Lipinski definition) is 7. The van der Waals surface area contributed by atoms with E-state index in [0.29, 0.717) is 11.1 Å². The fourth-order valence-corrected chi connectivity index (χ4v) is 5.13. The Morgan fingerprint density at radius 1 is 0.939 bits per heavy atom. The van der Waals surface area contributed by atoms with Gasteiger partial charge in [0.2, 0.25) is 10.0 Å². The highest BCUT2D eigenvalue weighted by Crippen LogP contribution is 2.37. The Kier molecular flexibility index (Phi) is 7.72. The van der Waals surface area contributed by atoms with Gasteiger partial charge in [0.05, 0.1) is 21.3 Å². The van der Waals surface area contributed by atoms with E-state index in [9.17, 15) is 18.0 Å². The van der Waals surface area contributed by atoms with Crippen molar-refractivity contribution in [3.8, 4) is 11.5 Å². The van der Waals surface area contributed by atoms with Gasteiger partial charge in [0, 0.05) is 37.8 Å². The van der Waals surface area contributed by atoms with Crippen LogP contribution in [0.25, 0.3) is 6.08 Å². The van der Waals surface area contributed by atoms with E-state index in [0.717, 1.165) is 0 Å². The zero-order valence-corrected chi connectivity index (χ0v) is 19.5. The average molecular weight is 475 g/mol. The summed E-state index contributed by atoms with van der Waals surface area (Å²) in [5.41, 5.74) is 0.986. The molecule has 2 aromatic rings. The van der Waals surface area contributed by atoms with Gasteiger partial charge < -0.3 is 19.1 Å². The third-order valence-electron chi connectivity index (χ3n) is 5.24. The summed E-state index contributed by atoms with van der Waals surface area (Å²) < 4.78 is 43.6. The molecule has 0 spiro atoms. The fraction of sp³-hybridized carbons (Fsp3) is 0.304. The summed E-state index contributed by atoms with van der Waals surface area (Å²) in [5.74, 6) is -0.438. The van der Waals surface area contributed by atoms with Crippen LogP contribution >= 0.6 is 0 Å². The molecular formula is C23H26N2O7S. The summed E-state index contributed by atoms with van der Waals surface area (Å²) >= 11 is 0. The summed E-state index contributed by atoms with van der Waals surface area (Å²) in [6.45, 7) is 0.784. The predicted octanol–water partition coefficient (Wildman–Crippen LogP) is 2.04. The van der Waals surface area contributed by atoms with Crippen molar-refractivity contribution in [2.45, 2.75) is 4.90 Å². The van der Waals surface area contributed by atoms with Gasteiger partial charge in [0.15, 0.2) is 11.5 Å². The maximum atomic E-state index is 13.5. The molecule has 1 aliphatic rings. The maximum Gasteiger partial charge on any atom is 0.330 e. The van der Waals surface area contributed by atoms with Crippen LogP contribution in [0.4, 0.5) is 0 Å². The van der Waals surface area contributed by atoms with E-state index in [1.807, 2.05) is 6.07 Å². The summed E-state index contributed by atoms with van der Waals surface area (Å²) in [4.78, 5) is 25.7. The molecule has 33 heavy (non-hydrogen) atoms. The van der Waals surface area contributed by atoms with Crippen LogP contribution in [0.1, 0.15) is 15.9 Å². The van der Waals surface area contributed by atoms with Crippen LogP contribution in [-0.4, -0.2) is 77.0 Å². The molecule has 0 unspecified atom stereocenters. The minimum absolute atomic E-state index is 0.0653. The van der Waals surface area contributed by atoms with E-state index >= 15 is 0 Å². The molecule has 1 amide bonds. The zero-order chi connectivity index (χ0) is 24.0. The zero-order valence-electron chi connectivity index (χ0n) is 18.7. The number of sulfonamides is 1. The average Bonchev–Trinajstić information content (AvgIpc) is 2.86. The number of rotatable bonds is 7. The number of amides is 1. The summed E-state index contributed by atoms with van der Waals surface area (Å²) in [6.07, 6.45) is 2.62. The number of esters is 1. The largest absolute Gasteiger partial charge is 0.493 e. The third kappa shape index (κ3) is 5.35. The van der Waals surface area contributed by atoms with Crippen molar-refractivity contribution in [2.24, 2.45) is 0 Å². The van der Waals surface area contributed by atoms with Crippen LogP contribution in [0.2, 0.25) is 0 Å². The molecule has 1 saturated heterocycles. The van der Waals surface area contributed by atoms with E-state index in [1.165, 1.54) is 43.9 Å². The highest BCUT2D eigenvalue weighted by atomic mass is 32.2. The van der Waals surface area contributed by atoms with Crippen LogP contribution in [-0.2, 0) is 19.6 Å². The van der Waals surface area contributed by atoms with Crippen LogP contribution in [0.15, 0.2) is 53.4 Å². The van der Waals surface area contributed by atoms with Crippen molar-refractivity contribution in [3.63, 3.8) is 0 Å². The van der Waals surface area contributed by atoms with Crippen molar-refractivity contribution in [1.82, 2.24) is 9.21 Å². The molecule has 0 atom stereocenters. The lowest BCUT2D eigenvalue weighted by Gasteiger charge is -2.34. The third-order valence-corrected chi connectivity index (χ3v) is 7.15. The van der Waals surface area contributed by atoms with Gasteiger partial charge in [0.1, 0.15) is 4.90 Å². The van der Waals surface area contributed by atoms with E-state index < -0.39 is 16.0 Å². The molecule has 0 bridgehead atoms. The first kappa shape index (κ1) is 24.3. The molecule has 1 aliphatic heterocycles. The van der Waals surface area contributed by atoms with E-state index in [1.54, 1.807) is 35.2 Å². The second kappa shape index (κ2) is 10.5. The highest BCUT2D eigenvalue weighted by Gasteiger charge is 2.33. The molecule has 0 radical (unpaired) electrons. The smallest absolute Gasteiger partial charge is 0.330 e. The first-order valence-corrected chi connectivity index (χ1v) is 11.6. The lowest BCUT2D eigenvalue weighted by molar-refractivity contribution is -0.134. The molecule has 0 aromatic heterocycles. The van der Waals surface area contributed by atoms with Gasteiger partial charge in [-0.05, 0) is 35.9 Å². The molecule has 0 N–H and O–H groups in total. The molecule has 9 nitrogen and oxygen atoms in total. The van der Waals surface area contributed by atoms with Crippen molar-refractivity contribution in [2.75, 3.05) is 47.5 Å². The molecule has 1 heterocycles. The molecular weight excluding hydrogens is 448 g/mol. The molecule has 10 heteroatoms. The fourth-order valence-electron chi connectivity index (χ4n) is 3.50. The summed E-state index contributed by atoms with van der Waals surface area (Å²) in [5, 5.41) is 0. The number of carbonyl (C=O) groups excluding carboxylic acids is 2. The van der Waals surface area contributed by atoms with Crippen LogP contribution in [0.5, 0.6) is 11.5 Å². The first-order chi connectivity index (χ1) is 15.8. The Hall–Kier alpha value is -3.37. The number of methoxy groups -OCH3 is 3. The Morgan fingerprint density at radius 3 is 2.18 bits per heavy atom. The van der Waals surface area contributed by atoms with Crippen LogP contribution in [0, 0.1) is 0 Å². The Labute approximate surface area is 193 Å². The molecule has 0 aliphatic carbocycles. The van der Waals surface area contributed by atoms with E-state index in [2.05, 4.69) is 4.74 Å². The predicted molar refractivity (Wildman–Crippen MR) is 122 cm³/mol. The number of hydrogen-bond donors (Lipinski definition) is 0. The van der Waals surface area contributed by atoms with Gasteiger partial charge in [0.25, 0.3) is 5.91 Å². The van der Waals surface area contributed by atoms with Crippen molar-refractivity contribution in [1.29, 1.82) is 0 Å². The number of nitrogens with zero attached hydrogens (tertiary/aromatic N) is 2. The molecule has 176 valence electrons. The van der Waals surface area contributed by atoms with Crippen molar-refractivity contribution < 1.29 is 32.2 Å². The Bertz CT molecular complexity index is 1140. The van der Waals surface area contributed by atoms with Crippen molar-refractivity contribution >= 4 is 28.0 Å². The lowest BCUT2D eigenvalue weighted by atomic mass is 10.2. The van der Waals surface area contributed by atoms with Crippen LogP contribution < -0.4 is 9.47 Å². The lowest BCUT2D eigenvalue weighted by Crippen LogP contribution is -2.50. The van der Waals surface area contributed by atoms with Gasteiger partial charge in [-0.15, -0.1) is 0 Å². The molecule has 1 fully saturated rings. The Morgan fingerprint density at radius 2 is 1.61 bits per heavy atom. The molecule has 3 rings (SSSR count). The monoisotopic (exact) mass is 474 g/mol. The molecule has 2 aromatic carbocycles. The number of carbonyl (C=O) groups is 2.